The van der Waals surface area contributed by atoms with E-state index in [9.17, 15) is 8.78 Å². The largest absolute Gasteiger partial charge is 0.424 e. The molecule has 3 N–H and O–H groups in total. The van der Waals surface area contributed by atoms with Crippen LogP contribution >= 0.6 is 0 Å². The number of hydrogen-bond acceptors (Lipinski definition) is 4. The molecule has 0 aliphatic heterocycles. The van der Waals surface area contributed by atoms with Gasteiger partial charge in [0, 0.05) is 12.3 Å². The first-order valence-electron chi connectivity index (χ1n) is 4.86. The van der Waals surface area contributed by atoms with Crippen LogP contribution in [0.2, 0.25) is 0 Å². The van der Waals surface area contributed by atoms with Crippen LogP contribution in [0.1, 0.15) is 5.69 Å². The van der Waals surface area contributed by atoms with Gasteiger partial charge in [-0.15, -0.1) is 0 Å². The van der Waals surface area contributed by atoms with Gasteiger partial charge in [-0.05, 0) is 18.2 Å². The fraction of sp³-hybridized carbons (Fsp3) is 0. The van der Waals surface area contributed by atoms with Gasteiger partial charge in [0.1, 0.15) is 17.3 Å². The smallest absolute Gasteiger partial charge is 0.322 e. The Kier molecular flexibility index (Phi) is 3.13. The molecule has 0 aliphatic carbocycles. The molecule has 0 atom stereocenters. The SMILES string of the molecule is N=C(N)c1ccnc(Oc2ccc(F)c(F)c2)n1. The second-order valence-electron chi connectivity index (χ2n) is 3.32. The number of nitrogen functional groups attached to an aromatic ring is 1. The molecule has 1 aromatic carbocycles. The number of aromatic nitrogens is 2. The highest BCUT2D eigenvalue weighted by atomic mass is 19.2. The molecule has 1 heterocycles. The van der Waals surface area contributed by atoms with E-state index in [4.69, 9.17) is 15.9 Å². The molecule has 0 aliphatic rings. The lowest BCUT2D eigenvalue weighted by atomic mass is 10.3. The number of nitrogens with zero attached hydrogens (tertiary/aromatic N) is 2. The Morgan fingerprint density at radius 1 is 1.22 bits per heavy atom. The van der Waals surface area contributed by atoms with Crippen molar-refractivity contribution in [2.24, 2.45) is 5.73 Å². The summed E-state index contributed by atoms with van der Waals surface area (Å²) in [7, 11) is 0. The summed E-state index contributed by atoms with van der Waals surface area (Å²) >= 11 is 0. The van der Waals surface area contributed by atoms with Gasteiger partial charge in [0.25, 0.3) is 0 Å². The van der Waals surface area contributed by atoms with E-state index in [1.165, 1.54) is 18.3 Å². The summed E-state index contributed by atoms with van der Waals surface area (Å²) in [5, 5.41) is 7.20. The highest BCUT2D eigenvalue weighted by Crippen LogP contribution is 2.20. The Bertz CT molecular complexity index is 603. The van der Waals surface area contributed by atoms with Crippen LogP contribution in [0.4, 0.5) is 8.78 Å². The first-order valence-corrected chi connectivity index (χ1v) is 4.86. The van der Waals surface area contributed by atoms with Gasteiger partial charge in [-0.2, -0.15) is 4.98 Å². The molecule has 0 unspecified atom stereocenters. The maximum Gasteiger partial charge on any atom is 0.322 e. The zero-order chi connectivity index (χ0) is 13.1. The summed E-state index contributed by atoms with van der Waals surface area (Å²) in [5.41, 5.74) is 5.43. The molecule has 0 fully saturated rings. The van der Waals surface area contributed by atoms with Gasteiger partial charge in [-0.1, -0.05) is 0 Å². The molecule has 1 aromatic heterocycles. The Hall–Kier alpha value is -2.57. The average Bonchev–Trinajstić information content (AvgIpc) is 2.34. The van der Waals surface area contributed by atoms with Crippen LogP contribution in [-0.4, -0.2) is 15.8 Å². The number of ether oxygens (including phenoxy) is 1. The van der Waals surface area contributed by atoms with E-state index in [0.29, 0.717) is 0 Å². The van der Waals surface area contributed by atoms with Gasteiger partial charge in [0.2, 0.25) is 0 Å². The predicted molar refractivity (Wildman–Crippen MR) is 59.5 cm³/mol. The lowest BCUT2D eigenvalue weighted by Crippen LogP contribution is -2.13. The van der Waals surface area contributed by atoms with E-state index in [1.807, 2.05) is 0 Å². The molecule has 92 valence electrons. The maximum atomic E-state index is 12.9. The number of hydrogen-bond donors (Lipinski definition) is 2. The first kappa shape index (κ1) is 11.9. The third-order valence-corrected chi connectivity index (χ3v) is 2.01. The topological polar surface area (TPSA) is 84.9 Å². The summed E-state index contributed by atoms with van der Waals surface area (Å²) in [4.78, 5) is 7.59. The Balaban J connectivity index is 2.25. The number of rotatable bonds is 3. The van der Waals surface area contributed by atoms with Gasteiger partial charge in [0.05, 0.1) is 0 Å². The number of nitrogens with two attached hydrogens (primary N) is 1. The van der Waals surface area contributed by atoms with Crippen molar-refractivity contribution in [3.05, 3.63) is 47.8 Å². The van der Waals surface area contributed by atoms with Crippen LogP contribution in [0.5, 0.6) is 11.8 Å². The molecule has 2 rings (SSSR count). The van der Waals surface area contributed by atoms with Crippen molar-refractivity contribution in [2.75, 3.05) is 0 Å². The molecule has 7 heteroatoms. The maximum absolute atomic E-state index is 12.9. The molecule has 0 radical (unpaired) electrons. The number of nitrogens with one attached hydrogen (secondary N) is 1. The first-order chi connectivity index (χ1) is 8.56. The van der Waals surface area contributed by atoms with Crippen LogP contribution < -0.4 is 10.5 Å². The van der Waals surface area contributed by atoms with Gasteiger partial charge < -0.3 is 10.5 Å². The van der Waals surface area contributed by atoms with E-state index in [-0.39, 0.29) is 23.3 Å². The standard InChI is InChI=1S/C11H8F2N4O/c12-7-2-1-6(5-8(7)13)18-11-16-4-3-9(17-11)10(14)15/h1-5H,(H3,14,15). The minimum absolute atomic E-state index is 0.0506. The molecule has 0 bridgehead atoms. The van der Waals surface area contributed by atoms with Gasteiger partial charge in [-0.3, -0.25) is 5.41 Å². The van der Waals surface area contributed by atoms with Crippen molar-refractivity contribution in [3.63, 3.8) is 0 Å². The second kappa shape index (κ2) is 4.74. The molecule has 0 amide bonds. The summed E-state index contributed by atoms with van der Waals surface area (Å²) < 4.78 is 30.8. The van der Waals surface area contributed by atoms with Crippen molar-refractivity contribution in [1.82, 2.24) is 9.97 Å². The summed E-state index contributed by atoms with van der Waals surface area (Å²) in [5.74, 6) is -2.20. The molecule has 5 nitrogen and oxygen atoms in total. The Labute approximate surface area is 101 Å². The van der Waals surface area contributed by atoms with E-state index in [0.717, 1.165) is 12.1 Å². The monoisotopic (exact) mass is 250 g/mol. The van der Waals surface area contributed by atoms with E-state index in [2.05, 4.69) is 9.97 Å². The zero-order valence-corrected chi connectivity index (χ0v) is 9.02. The Morgan fingerprint density at radius 3 is 2.67 bits per heavy atom. The van der Waals surface area contributed by atoms with E-state index >= 15 is 0 Å². The third kappa shape index (κ3) is 2.57. The molecule has 0 spiro atoms. The molecule has 18 heavy (non-hydrogen) atoms. The second-order valence-corrected chi connectivity index (χ2v) is 3.32. The fourth-order valence-electron chi connectivity index (χ4n) is 1.19. The van der Waals surface area contributed by atoms with Crippen molar-refractivity contribution in [1.29, 1.82) is 5.41 Å². The number of amidine groups is 1. The quantitative estimate of drug-likeness (QED) is 0.642. The molecular weight excluding hydrogens is 242 g/mol. The normalized spacial score (nSPS) is 10.1. The van der Waals surface area contributed by atoms with Crippen molar-refractivity contribution in [2.45, 2.75) is 0 Å². The average molecular weight is 250 g/mol. The van der Waals surface area contributed by atoms with Crippen LogP contribution in [0.15, 0.2) is 30.5 Å². The minimum atomic E-state index is -1.03. The van der Waals surface area contributed by atoms with Crippen LogP contribution in [0, 0.1) is 17.0 Å². The lowest BCUT2D eigenvalue weighted by Gasteiger charge is -2.05. The third-order valence-electron chi connectivity index (χ3n) is 2.01. The van der Waals surface area contributed by atoms with Crippen LogP contribution in [0.25, 0.3) is 0 Å². The van der Waals surface area contributed by atoms with E-state index in [1.54, 1.807) is 0 Å². The highest BCUT2D eigenvalue weighted by Gasteiger charge is 2.07. The Morgan fingerprint density at radius 2 is 2.00 bits per heavy atom. The van der Waals surface area contributed by atoms with Crippen LogP contribution in [-0.2, 0) is 0 Å². The summed E-state index contributed by atoms with van der Waals surface area (Å²) in [6.45, 7) is 0. The van der Waals surface area contributed by atoms with Gasteiger partial charge >= 0.3 is 6.01 Å². The number of halogens is 2. The minimum Gasteiger partial charge on any atom is -0.424 e. The zero-order valence-electron chi connectivity index (χ0n) is 9.02. The van der Waals surface area contributed by atoms with Crippen molar-refractivity contribution < 1.29 is 13.5 Å². The van der Waals surface area contributed by atoms with Crippen molar-refractivity contribution >= 4 is 5.84 Å². The molecular formula is C11H8F2N4O. The van der Waals surface area contributed by atoms with Crippen molar-refractivity contribution in [3.8, 4) is 11.8 Å². The highest BCUT2D eigenvalue weighted by molar-refractivity contribution is 5.92. The summed E-state index contributed by atoms with van der Waals surface area (Å²) in [6, 6.07) is 4.37. The molecule has 0 saturated carbocycles. The van der Waals surface area contributed by atoms with E-state index < -0.39 is 11.6 Å². The van der Waals surface area contributed by atoms with Crippen LogP contribution in [0.3, 0.4) is 0 Å². The van der Waals surface area contributed by atoms with Gasteiger partial charge in [-0.25, -0.2) is 13.8 Å². The molecule has 0 saturated heterocycles. The van der Waals surface area contributed by atoms with Gasteiger partial charge in [0.15, 0.2) is 11.6 Å². The predicted octanol–water partition coefficient (Wildman–Crippen LogP) is 1.83. The fourth-order valence-corrected chi connectivity index (χ4v) is 1.19. The molecule has 2 aromatic rings. The lowest BCUT2D eigenvalue weighted by molar-refractivity contribution is 0.430. The summed E-state index contributed by atoms with van der Waals surface area (Å²) in [6.07, 6.45) is 1.35. The number of benzene rings is 1.